The van der Waals surface area contributed by atoms with Crippen LogP contribution in [0.3, 0.4) is 0 Å². The van der Waals surface area contributed by atoms with Gasteiger partial charge in [0.2, 0.25) is 0 Å². The Morgan fingerprint density at radius 1 is 1.44 bits per heavy atom. The molecule has 6 nitrogen and oxygen atoms in total. The normalized spacial score (nSPS) is 11.3. The van der Waals surface area contributed by atoms with Gasteiger partial charge in [-0.3, -0.25) is 0 Å². The van der Waals surface area contributed by atoms with Gasteiger partial charge in [0.1, 0.15) is 14.9 Å². The number of rotatable bonds is 5. The second-order valence-corrected chi connectivity index (χ2v) is 6.42. The standard InChI is InChI=1S/C8H10N2O4S2/c1-16(13,14)5-4-15-7-3-2-6(8(11)12)9-10-7/h2-3H,4-5H2,1H3,(H,11,12). The number of hydrogen-bond acceptors (Lipinski definition) is 6. The van der Waals surface area contributed by atoms with Crippen molar-refractivity contribution in [3.05, 3.63) is 17.8 Å². The third-order valence-corrected chi connectivity index (χ3v) is 3.69. The number of aromatic nitrogens is 2. The molecule has 88 valence electrons. The maximum atomic E-state index is 10.8. The molecule has 1 heterocycles. The zero-order chi connectivity index (χ0) is 12.2. The number of carboxylic acids is 1. The maximum absolute atomic E-state index is 10.8. The zero-order valence-electron chi connectivity index (χ0n) is 8.45. The van der Waals surface area contributed by atoms with Crippen LogP contribution in [-0.2, 0) is 9.84 Å². The molecule has 0 aliphatic carbocycles. The predicted octanol–water partition coefficient (Wildman–Crippen LogP) is 0.312. The molecule has 0 aliphatic rings. The van der Waals surface area contributed by atoms with E-state index in [0.29, 0.717) is 10.8 Å². The Kier molecular flexibility index (Phi) is 4.25. The van der Waals surface area contributed by atoms with Crippen molar-refractivity contribution in [1.82, 2.24) is 10.2 Å². The van der Waals surface area contributed by atoms with E-state index in [1.54, 1.807) is 0 Å². The third kappa shape index (κ3) is 4.58. The maximum Gasteiger partial charge on any atom is 0.356 e. The van der Waals surface area contributed by atoms with Crippen LogP contribution >= 0.6 is 11.8 Å². The van der Waals surface area contributed by atoms with E-state index in [1.165, 1.54) is 23.9 Å². The second kappa shape index (κ2) is 5.26. The Labute approximate surface area is 97.0 Å². The van der Waals surface area contributed by atoms with Gasteiger partial charge in [-0.15, -0.1) is 22.0 Å². The lowest BCUT2D eigenvalue weighted by Gasteiger charge is -1.99. The van der Waals surface area contributed by atoms with Crippen molar-refractivity contribution in [3.8, 4) is 0 Å². The first-order valence-corrected chi connectivity index (χ1v) is 7.30. The molecule has 0 saturated carbocycles. The summed E-state index contributed by atoms with van der Waals surface area (Å²) in [4.78, 5) is 10.5. The van der Waals surface area contributed by atoms with Crippen LogP contribution in [0.1, 0.15) is 10.5 Å². The molecule has 1 N–H and O–H groups in total. The number of hydrogen-bond donors (Lipinski definition) is 1. The smallest absolute Gasteiger partial charge is 0.356 e. The average molecular weight is 262 g/mol. The minimum Gasteiger partial charge on any atom is -0.476 e. The molecule has 1 aromatic heterocycles. The highest BCUT2D eigenvalue weighted by atomic mass is 32.2. The molecular weight excluding hydrogens is 252 g/mol. The number of aromatic carboxylic acids is 1. The molecule has 0 radical (unpaired) electrons. The largest absolute Gasteiger partial charge is 0.476 e. The van der Waals surface area contributed by atoms with Gasteiger partial charge in [-0.2, -0.15) is 0 Å². The molecule has 0 saturated heterocycles. The topological polar surface area (TPSA) is 97.2 Å². The van der Waals surface area contributed by atoms with Crippen molar-refractivity contribution in [1.29, 1.82) is 0 Å². The summed E-state index contributed by atoms with van der Waals surface area (Å²) in [5, 5.41) is 16.2. The molecule has 1 aromatic rings. The van der Waals surface area contributed by atoms with Gasteiger partial charge in [0.15, 0.2) is 5.69 Å². The number of carboxylic acid groups (broad SMARTS) is 1. The van der Waals surface area contributed by atoms with E-state index >= 15 is 0 Å². The Hall–Kier alpha value is -1.15. The molecule has 0 aromatic carbocycles. The van der Waals surface area contributed by atoms with Crippen LogP contribution in [0.15, 0.2) is 17.2 Å². The Morgan fingerprint density at radius 2 is 2.12 bits per heavy atom. The molecule has 0 atom stereocenters. The lowest BCUT2D eigenvalue weighted by molar-refractivity contribution is 0.0689. The van der Waals surface area contributed by atoms with E-state index in [9.17, 15) is 13.2 Å². The van der Waals surface area contributed by atoms with Crippen molar-refractivity contribution in [2.45, 2.75) is 5.03 Å². The lowest BCUT2D eigenvalue weighted by atomic mass is 10.4. The summed E-state index contributed by atoms with van der Waals surface area (Å²) in [6.45, 7) is 0. The van der Waals surface area contributed by atoms with Crippen LogP contribution in [0.25, 0.3) is 0 Å². The van der Waals surface area contributed by atoms with Gasteiger partial charge in [-0.1, -0.05) is 0 Å². The van der Waals surface area contributed by atoms with Crippen LogP contribution in [0.4, 0.5) is 0 Å². The fourth-order valence-corrected chi connectivity index (χ4v) is 2.82. The Bertz CT molecular complexity index is 469. The van der Waals surface area contributed by atoms with Gasteiger partial charge < -0.3 is 5.11 Å². The van der Waals surface area contributed by atoms with Gasteiger partial charge in [0, 0.05) is 12.0 Å². The molecule has 0 spiro atoms. The highest BCUT2D eigenvalue weighted by Crippen LogP contribution is 2.14. The second-order valence-electron chi connectivity index (χ2n) is 3.04. The average Bonchev–Trinajstić information content (AvgIpc) is 2.16. The number of carbonyl (C=O) groups is 1. The minimum absolute atomic E-state index is 0.0556. The number of thioether (sulfide) groups is 1. The molecule has 0 amide bonds. The Balaban J connectivity index is 2.53. The van der Waals surface area contributed by atoms with E-state index in [4.69, 9.17) is 5.11 Å². The molecule has 0 fully saturated rings. The highest BCUT2D eigenvalue weighted by molar-refractivity contribution is 8.00. The van der Waals surface area contributed by atoms with Gasteiger partial charge >= 0.3 is 5.97 Å². The van der Waals surface area contributed by atoms with E-state index < -0.39 is 15.8 Å². The first-order valence-electron chi connectivity index (χ1n) is 4.26. The van der Waals surface area contributed by atoms with Crippen LogP contribution in [0.2, 0.25) is 0 Å². The SMILES string of the molecule is CS(=O)(=O)CCSc1ccc(C(=O)O)nn1. The summed E-state index contributed by atoms with van der Waals surface area (Å²) in [7, 11) is -2.98. The molecule has 0 bridgehead atoms. The quantitative estimate of drug-likeness (QED) is 0.763. The predicted molar refractivity (Wildman–Crippen MR) is 59.4 cm³/mol. The van der Waals surface area contributed by atoms with Crippen molar-refractivity contribution in [2.24, 2.45) is 0 Å². The van der Waals surface area contributed by atoms with E-state index in [0.717, 1.165) is 6.26 Å². The van der Waals surface area contributed by atoms with Crippen LogP contribution in [0.5, 0.6) is 0 Å². The van der Waals surface area contributed by atoms with Crippen molar-refractivity contribution in [3.63, 3.8) is 0 Å². The first kappa shape index (κ1) is 12.9. The Morgan fingerprint density at radius 3 is 2.56 bits per heavy atom. The van der Waals surface area contributed by atoms with E-state index in [1.807, 2.05) is 0 Å². The summed E-state index contributed by atoms with van der Waals surface area (Å²) in [5.41, 5.74) is -0.132. The fraction of sp³-hybridized carbons (Fsp3) is 0.375. The third-order valence-electron chi connectivity index (χ3n) is 1.56. The minimum atomic E-state index is -2.98. The first-order chi connectivity index (χ1) is 7.38. The van der Waals surface area contributed by atoms with E-state index in [2.05, 4.69) is 10.2 Å². The molecule has 0 aliphatic heterocycles. The van der Waals surface area contributed by atoms with Gasteiger partial charge in [-0.25, -0.2) is 13.2 Å². The summed E-state index contributed by atoms with van der Waals surface area (Å²) < 4.78 is 21.7. The highest BCUT2D eigenvalue weighted by Gasteiger charge is 2.06. The molecule has 16 heavy (non-hydrogen) atoms. The van der Waals surface area contributed by atoms with Gasteiger partial charge in [0.05, 0.1) is 5.75 Å². The van der Waals surface area contributed by atoms with E-state index in [-0.39, 0.29) is 11.4 Å². The summed E-state index contributed by atoms with van der Waals surface area (Å²) >= 11 is 1.22. The molecule has 0 unspecified atom stereocenters. The molecule has 8 heteroatoms. The van der Waals surface area contributed by atoms with Crippen molar-refractivity contribution in [2.75, 3.05) is 17.8 Å². The van der Waals surface area contributed by atoms with Crippen molar-refractivity contribution >= 4 is 27.6 Å². The molecular formula is C8H10N2O4S2. The van der Waals surface area contributed by atoms with Crippen LogP contribution < -0.4 is 0 Å². The fourth-order valence-electron chi connectivity index (χ4n) is 0.809. The lowest BCUT2D eigenvalue weighted by Crippen LogP contribution is -2.06. The van der Waals surface area contributed by atoms with Crippen LogP contribution in [-0.4, -0.2) is 47.5 Å². The zero-order valence-corrected chi connectivity index (χ0v) is 10.1. The summed E-state index contributed by atoms with van der Waals surface area (Å²) in [5.74, 6) is -0.708. The van der Waals surface area contributed by atoms with Gasteiger partial charge in [-0.05, 0) is 12.1 Å². The molecule has 1 rings (SSSR count). The summed E-state index contributed by atoms with van der Waals surface area (Å²) in [6, 6.07) is 2.83. The monoisotopic (exact) mass is 262 g/mol. The van der Waals surface area contributed by atoms with Gasteiger partial charge in [0.25, 0.3) is 0 Å². The summed E-state index contributed by atoms with van der Waals surface area (Å²) in [6.07, 6.45) is 1.16. The number of nitrogens with zero attached hydrogens (tertiary/aromatic N) is 2. The van der Waals surface area contributed by atoms with Crippen LogP contribution in [0, 0.1) is 0 Å². The number of sulfone groups is 1. The van der Waals surface area contributed by atoms with Crippen molar-refractivity contribution < 1.29 is 18.3 Å².